The smallest absolute Gasteiger partial charge is 0.277 e. The van der Waals surface area contributed by atoms with E-state index in [2.05, 4.69) is 5.32 Å². The standard InChI is InChI=1S/C16H21F2N3O2.ClH/c1-21-13(22)8-7-12(14(21)11-5-3-2-4-6-11)15(23)20-10-16(17,18)9-19;/h2-6,12,14H,7-10,19H2,1H3,(H,20,23);1H. The van der Waals surface area contributed by atoms with Gasteiger partial charge in [-0.15, -0.1) is 12.4 Å². The molecule has 0 saturated carbocycles. The molecule has 0 spiro atoms. The monoisotopic (exact) mass is 361 g/mol. The Balaban J connectivity index is 0.00000288. The fourth-order valence-electron chi connectivity index (χ4n) is 2.84. The molecule has 1 aliphatic rings. The topological polar surface area (TPSA) is 75.4 Å². The van der Waals surface area contributed by atoms with E-state index in [0.717, 1.165) is 5.56 Å². The lowest BCUT2D eigenvalue weighted by Gasteiger charge is -2.38. The zero-order chi connectivity index (χ0) is 17.0. The van der Waals surface area contributed by atoms with Gasteiger partial charge in [-0.25, -0.2) is 8.78 Å². The minimum Gasteiger partial charge on any atom is -0.350 e. The predicted octanol–water partition coefficient (Wildman–Crippen LogP) is 1.73. The molecule has 1 saturated heterocycles. The van der Waals surface area contributed by atoms with Crippen LogP contribution < -0.4 is 11.1 Å². The van der Waals surface area contributed by atoms with Crippen molar-refractivity contribution in [3.8, 4) is 0 Å². The van der Waals surface area contributed by atoms with Crippen LogP contribution in [0.1, 0.15) is 24.4 Å². The number of hydrogen-bond donors (Lipinski definition) is 2. The highest BCUT2D eigenvalue weighted by atomic mass is 35.5. The molecule has 5 nitrogen and oxygen atoms in total. The van der Waals surface area contributed by atoms with Gasteiger partial charge < -0.3 is 16.0 Å². The first-order chi connectivity index (χ1) is 10.9. The van der Waals surface area contributed by atoms with Crippen LogP contribution in [0.25, 0.3) is 0 Å². The first-order valence-electron chi connectivity index (χ1n) is 7.52. The summed E-state index contributed by atoms with van der Waals surface area (Å²) in [6.45, 7) is -1.61. The van der Waals surface area contributed by atoms with E-state index in [9.17, 15) is 18.4 Å². The molecule has 0 radical (unpaired) electrons. The minimum atomic E-state index is -3.13. The molecule has 1 fully saturated rings. The van der Waals surface area contributed by atoms with Crippen LogP contribution in [0.3, 0.4) is 0 Å². The van der Waals surface area contributed by atoms with E-state index < -0.39 is 36.9 Å². The summed E-state index contributed by atoms with van der Waals surface area (Å²) in [7, 11) is 1.63. The summed E-state index contributed by atoms with van der Waals surface area (Å²) in [5.41, 5.74) is 5.79. The highest BCUT2D eigenvalue weighted by molar-refractivity contribution is 5.85. The molecule has 1 heterocycles. The Morgan fingerprint density at radius 3 is 2.58 bits per heavy atom. The molecule has 134 valence electrons. The largest absolute Gasteiger partial charge is 0.350 e. The number of piperidine rings is 1. The Morgan fingerprint density at radius 1 is 1.38 bits per heavy atom. The van der Waals surface area contributed by atoms with Crippen molar-refractivity contribution in [2.24, 2.45) is 11.7 Å². The van der Waals surface area contributed by atoms with Crippen molar-refractivity contribution in [1.29, 1.82) is 0 Å². The minimum absolute atomic E-state index is 0. The third-order valence-electron chi connectivity index (χ3n) is 4.16. The van der Waals surface area contributed by atoms with E-state index in [4.69, 9.17) is 5.73 Å². The first kappa shape index (κ1) is 20.3. The third-order valence-corrected chi connectivity index (χ3v) is 4.16. The summed E-state index contributed by atoms with van der Waals surface area (Å²) >= 11 is 0. The van der Waals surface area contributed by atoms with E-state index in [1.54, 1.807) is 7.05 Å². The van der Waals surface area contributed by atoms with E-state index >= 15 is 0 Å². The highest BCUT2D eigenvalue weighted by Gasteiger charge is 2.39. The fourth-order valence-corrected chi connectivity index (χ4v) is 2.84. The number of likely N-dealkylation sites (tertiary alicyclic amines) is 1. The number of halogens is 3. The second-order valence-corrected chi connectivity index (χ2v) is 5.78. The quantitative estimate of drug-likeness (QED) is 0.838. The van der Waals surface area contributed by atoms with Gasteiger partial charge in [-0.2, -0.15) is 0 Å². The van der Waals surface area contributed by atoms with Crippen molar-refractivity contribution >= 4 is 24.2 Å². The van der Waals surface area contributed by atoms with E-state index in [-0.39, 0.29) is 24.7 Å². The molecule has 1 aromatic carbocycles. The van der Waals surface area contributed by atoms with Crippen LogP contribution in [0.15, 0.2) is 30.3 Å². The number of amides is 2. The predicted molar refractivity (Wildman–Crippen MR) is 88.9 cm³/mol. The Hall–Kier alpha value is -1.73. The lowest BCUT2D eigenvalue weighted by Crippen LogP contribution is -2.49. The molecule has 1 aliphatic heterocycles. The maximum Gasteiger partial charge on any atom is 0.277 e. The normalized spacial score (nSPS) is 21.2. The molecule has 2 atom stereocenters. The zero-order valence-electron chi connectivity index (χ0n) is 13.4. The second kappa shape index (κ2) is 8.39. The van der Waals surface area contributed by atoms with Crippen molar-refractivity contribution in [2.75, 3.05) is 20.1 Å². The number of alkyl halides is 2. The average molecular weight is 362 g/mol. The Kier molecular flexibility index (Phi) is 7.10. The molecule has 8 heteroatoms. The Labute approximate surface area is 146 Å². The summed E-state index contributed by atoms with van der Waals surface area (Å²) in [4.78, 5) is 25.9. The summed E-state index contributed by atoms with van der Waals surface area (Å²) < 4.78 is 26.5. The fraction of sp³-hybridized carbons (Fsp3) is 0.500. The van der Waals surface area contributed by atoms with Crippen molar-refractivity contribution < 1.29 is 18.4 Å². The van der Waals surface area contributed by atoms with Gasteiger partial charge in [0.2, 0.25) is 11.8 Å². The van der Waals surface area contributed by atoms with Crippen LogP contribution in [0.5, 0.6) is 0 Å². The number of rotatable bonds is 5. The zero-order valence-corrected chi connectivity index (χ0v) is 14.2. The molecule has 2 unspecified atom stereocenters. The van der Waals surface area contributed by atoms with Crippen molar-refractivity contribution in [3.05, 3.63) is 35.9 Å². The molecule has 0 aliphatic carbocycles. The van der Waals surface area contributed by atoms with E-state index in [0.29, 0.717) is 6.42 Å². The lowest BCUT2D eigenvalue weighted by atomic mass is 9.84. The maximum atomic E-state index is 13.2. The number of nitrogens with one attached hydrogen (secondary N) is 1. The van der Waals surface area contributed by atoms with Crippen LogP contribution in [0.2, 0.25) is 0 Å². The number of hydrogen-bond acceptors (Lipinski definition) is 3. The highest BCUT2D eigenvalue weighted by Crippen LogP contribution is 2.35. The van der Waals surface area contributed by atoms with Gasteiger partial charge in [0.1, 0.15) is 0 Å². The SMILES string of the molecule is CN1C(=O)CCC(C(=O)NCC(F)(F)CN)C1c1ccccc1.Cl. The first-order valence-corrected chi connectivity index (χ1v) is 7.52. The maximum absolute atomic E-state index is 13.2. The van der Waals surface area contributed by atoms with Crippen LogP contribution in [-0.2, 0) is 9.59 Å². The van der Waals surface area contributed by atoms with Gasteiger partial charge in [0, 0.05) is 13.5 Å². The van der Waals surface area contributed by atoms with Crippen molar-refractivity contribution in [3.63, 3.8) is 0 Å². The molecule has 2 amide bonds. The molecular formula is C16H22ClF2N3O2. The van der Waals surface area contributed by atoms with Crippen LogP contribution in [-0.4, -0.2) is 42.8 Å². The van der Waals surface area contributed by atoms with Gasteiger partial charge in [0.25, 0.3) is 5.92 Å². The number of benzene rings is 1. The molecule has 2 rings (SSSR count). The summed E-state index contributed by atoms with van der Waals surface area (Å²) in [5.74, 6) is -4.23. The lowest BCUT2D eigenvalue weighted by molar-refractivity contribution is -0.142. The van der Waals surface area contributed by atoms with Crippen molar-refractivity contribution in [1.82, 2.24) is 10.2 Å². The summed E-state index contributed by atoms with van der Waals surface area (Å²) in [6.07, 6.45) is 0.563. The summed E-state index contributed by atoms with van der Waals surface area (Å²) in [5, 5.41) is 2.27. The number of nitrogens with zero attached hydrogens (tertiary/aromatic N) is 1. The van der Waals surface area contributed by atoms with Gasteiger partial charge in [0.05, 0.1) is 25.0 Å². The molecule has 0 aromatic heterocycles. The van der Waals surface area contributed by atoms with E-state index in [1.807, 2.05) is 30.3 Å². The molecule has 3 N–H and O–H groups in total. The van der Waals surface area contributed by atoms with Crippen molar-refractivity contribution in [2.45, 2.75) is 24.8 Å². The van der Waals surface area contributed by atoms with Gasteiger partial charge in [-0.05, 0) is 12.0 Å². The second-order valence-electron chi connectivity index (χ2n) is 5.78. The number of carbonyl (C=O) groups excluding carboxylic acids is 2. The van der Waals surface area contributed by atoms with Crippen LogP contribution in [0, 0.1) is 5.92 Å². The van der Waals surface area contributed by atoms with E-state index in [1.165, 1.54) is 4.90 Å². The average Bonchev–Trinajstić information content (AvgIpc) is 2.56. The van der Waals surface area contributed by atoms with Crippen LogP contribution in [0.4, 0.5) is 8.78 Å². The molecule has 1 aromatic rings. The Morgan fingerprint density at radius 2 is 2.00 bits per heavy atom. The van der Waals surface area contributed by atoms with Gasteiger partial charge in [-0.1, -0.05) is 30.3 Å². The molecular weight excluding hydrogens is 340 g/mol. The number of nitrogens with two attached hydrogens (primary N) is 1. The van der Waals surface area contributed by atoms with Gasteiger partial charge in [-0.3, -0.25) is 9.59 Å². The van der Waals surface area contributed by atoms with Gasteiger partial charge in [0.15, 0.2) is 0 Å². The Bertz CT molecular complexity index is 572. The molecule has 24 heavy (non-hydrogen) atoms. The summed E-state index contributed by atoms with van der Waals surface area (Å²) in [6, 6.07) is 8.68. The van der Waals surface area contributed by atoms with Gasteiger partial charge >= 0.3 is 0 Å². The molecule has 0 bridgehead atoms. The number of carbonyl (C=O) groups is 2. The third kappa shape index (κ3) is 4.64. The van der Waals surface area contributed by atoms with Crippen LogP contribution >= 0.6 is 12.4 Å².